The van der Waals surface area contributed by atoms with Crippen LogP contribution in [0.15, 0.2) is 0 Å². The van der Waals surface area contributed by atoms with E-state index in [0.717, 1.165) is 12.8 Å². The first kappa shape index (κ1) is 8.01. The first-order valence-corrected chi connectivity index (χ1v) is 5.29. The van der Waals surface area contributed by atoms with Gasteiger partial charge in [0.2, 0.25) is 0 Å². The van der Waals surface area contributed by atoms with E-state index in [-0.39, 0.29) is 0 Å². The van der Waals surface area contributed by atoms with Crippen LogP contribution >= 0.6 is 0 Å². The highest BCUT2D eigenvalue weighted by molar-refractivity contribution is 7.91. The summed E-state index contributed by atoms with van der Waals surface area (Å²) >= 11 is 0. The maximum atomic E-state index is 10.9. The molecule has 1 aliphatic rings. The van der Waals surface area contributed by atoms with Crippen molar-refractivity contribution in [1.82, 2.24) is 0 Å². The van der Waals surface area contributed by atoms with Gasteiger partial charge in [0.25, 0.3) is 0 Å². The number of hydrogen-bond acceptors (Lipinski definition) is 2. The summed E-state index contributed by atoms with van der Waals surface area (Å²) in [5, 5.41) is 1.86. The Bertz CT molecular complexity index is 184. The molecule has 60 valence electrons. The molecule has 4 heteroatoms. The summed E-state index contributed by atoms with van der Waals surface area (Å²) in [5.74, 6) is 0.702. The van der Waals surface area contributed by atoms with Crippen LogP contribution in [0.4, 0.5) is 0 Å². The first-order chi connectivity index (χ1) is 4.64. The van der Waals surface area contributed by atoms with Gasteiger partial charge in [-0.25, -0.2) is 8.42 Å². The topological polar surface area (TPSA) is 50.8 Å². The van der Waals surface area contributed by atoms with Gasteiger partial charge in [0.1, 0.15) is 0 Å². The second-order valence-corrected chi connectivity index (χ2v) is 5.03. The van der Waals surface area contributed by atoms with Crippen LogP contribution in [0.5, 0.6) is 0 Å². The lowest BCUT2D eigenvalue weighted by atomic mass is 10.2. The molecule has 1 heterocycles. The summed E-state index contributed by atoms with van der Waals surface area (Å²) in [7, 11) is 0.964. The average Bonchev–Trinajstić information content (AvgIpc) is 1.88. The van der Waals surface area contributed by atoms with Gasteiger partial charge < -0.3 is 5.32 Å². The van der Waals surface area contributed by atoms with Crippen LogP contribution in [-0.4, -0.2) is 26.0 Å². The Kier molecular flexibility index (Phi) is 2.31. The molecule has 0 aromatic heterocycles. The van der Waals surface area contributed by atoms with Crippen LogP contribution in [0.1, 0.15) is 12.8 Å². The number of nitrogens with two attached hydrogens (primary N) is 1. The number of rotatable bonds is 1. The van der Waals surface area contributed by atoms with E-state index in [1.54, 1.807) is 0 Å². The molecule has 0 saturated carbocycles. The fraction of sp³-hybridized carbons (Fsp3) is 0.833. The fourth-order valence-corrected chi connectivity index (χ4v) is 2.67. The molecule has 0 bridgehead atoms. The number of sulfone groups is 1. The molecule has 0 spiro atoms. The monoisotopic (exact) mass is 163 g/mol. The van der Waals surface area contributed by atoms with Crippen molar-refractivity contribution < 1.29 is 13.7 Å². The SMILES string of the molecule is [CH2-][NH2+]C1CCS(=O)(=O)CC1. The van der Waals surface area contributed by atoms with E-state index in [1.165, 1.54) is 0 Å². The summed E-state index contributed by atoms with van der Waals surface area (Å²) < 4.78 is 21.8. The molecule has 0 radical (unpaired) electrons. The second-order valence-electron chi connectivity index (χ2n) is 2.72. The van der Waals surface area contributed by atoms with Gasteiger partial charge in [0, 0.05) is 12.8 Å². The Labute approximate surface area is 61.7 Å². The summed E-state index contributed by atoms with van der Waals surface area (Å²) in [4.78, 5) is 0. The molecule has 0 amide bonds. The van der Waals surface area contributed by atoms with Crippen molar-refractivity contribution in [2.45, 2.75) is 18.9 Å². The van der Waals surface area contributed by atoms with Crippen LogP contribution in [0, 0.1) is 7.05 Å². The Morgan fingerprint density at radius 3 is 2.20 bits per heavy atom. The van der Waals surface area contributed by atoms with E-state index >= 15 is 0 Å². The predicted molar refractivity (Wildman–Crippen MR) is 39.0 cm³/mol. The van der Waals surface area contributed by atoms with Crippen LogP contribution in [-0.2, 0) is 9.84 Å². The Hall–Kier alpha value is -0.0900. The van der Waals surface area contributed by atoms with Gasteiger partial charge in [-0.3, -0.25) is 0 Å². The highest BCUT2D eigenvalue weighted by atomic mass is 32.2. The van der Waals surface area contributed by atoms with Gasteiger partial charge in [-0.2, -0.15) is 7.05 Å². The van der Waals surface area contributed by atoms with Crippen LogP contribution < -0.4 is 5.32 Å². The molecule has 1 aliphatic heterocycles. The molecule has 0 aliphatic carbocycles. The molecule has 1 saturated heterocycles. The maximum absolute atomic E-state index is 10.9. The van der Waals surface area contributed by atoms with Crippen molar-refractivity contribution >= 4 is 9.84 Å². The number of quaternary nitrogens is 1. The van der Waals surface area contributed by atoms with Crippen molar-refractivity contribution in [2.24, 2.45) is 0 Å². The molecule has 1 fully saturated rings. The molecule has 0 unspecified atom stereocenters. The van der Waals surface area contributed by atoms with Crippen molar-refractivity contribution in [1.29, 1.82) is 0 Å². The molecule has 1 rings (SSSR count). The van der Waals surface area contributed by atoms with Gasteiger partial charge in [-0.15, -0.1) is 0 Å². The lowest BCUT2D eigenvalue weighted by Crippen LogP contribution is -2.84. The molecular formula is C6H13NO2S. The summed E-state index contributed by atoms with van der Waals surface area (Å²) in [6.45, 7) is 0. The van der Waals surface area contributed by atoms with E-state index in [9.17, 15) is 8.42 Å². The second kappa shape index (κ2) is 2.88. The quantitative estimate of drug-likeness (QED) is 0.500. The van der Waals surface area contributed by atoms with Crippen molar-refractivity contribution in [3.05, 3.63) is 7.05 Å². The standard InChI is InChI=1S/C6H13NO2S/c1-7-6-2-4-10(8,9)5-3-6/h6H,1-5,7H2. The van der Waals surface area contributed by atoms with E-state index in [0.29, 0.717) is 17.5 Å². The normalized spacial score (nSPS) is 26.5. The first-order valence-electron chi connectivity index (χ1n) is 3.47. The smallest absolute Gasteiger partial charge is 0.150 e. The van der Waals surface area contributed by atoms with Gasteiger partial charge >= 0.3 is 0 Å². The molecule has 0 aromatic carbocycles. The maximum Gasteiger partial charge on any atom is 0.150 e. The van der Waals surface area contributed by atoms with E-state index < -0.39 is 9.84 Å². The van der Waals surface area contributed by atoms with Gasteiger partial charge in [-0.05, 0) is 0 Å². The minimum absolute atomic E-state index is 0.351. The molecular weight excluding hydrogens is 150 g/mol. The fourth-order valence-electron chi connectivity index (χ4n) is 1.14. The highest BCUT2D eigenvalue weighted by Gasteiger charge is 2.22. The Balaban J connectivity index is 2.46. The molecule has 3 nitrogen and oxygen atoms in total. The van der Waals surface area contributed by atoms with Crippen LogP contribution in [0.3, 0.4) is 0 Å². The van der Waals surface area contributed by atoms with Crippen LogP contribution in [0.25, 0.3) is 0 Å². The Morgan fingerprint density at radius 1 is 1.30 bits per heavy atom. The summed E-state index contributed by atoms with van der Waals surface area (Å²) in [5.41, 5.74) is 0. The van der Waals surface area contributed by atoms with Crippen molar-refractivity contribution in [2.75, 3.05) is 11.5 Å². The lowest BCUT2D eigenvalue weighted by Gasteiger charge is -2.20. The molecule has 10 heavy (non-hydrogen) atoms. The minimum Gasteiger partial charge on any atom is -0.476 e. The predicted octanol–water partition coefficient (Wildman–Crippen LogP) is -1.08. The zero-order chi connectivity index (χ0) is 7.61. The lowest BCUT2D eigenvalue weighted by molar-refractivity contribution is -0.634. The third-order valence-corrected chi connectivity index (χ3v) is 3.65. The zero-order valence-electron chi connectivity index (χ0n) is 5.91. The molecule has 0 atom stereocenters. The van der Waals surface area contributed by atoms with E-state index in [1.807, 2.05) is 5.32 Å². The largest absolute Gasteiger partial charge is 0.476 e. The van der Waals surface area contributed by atoms with E-state index in [4.69, 9.17) is 0 Å². The highest BCUT2D eigenvalue weighted by Crippen LogP contribution is 2.08. The third kappa shape index (κ3) is 1.95. The van der Waals surface area contributed by atoms with Crippen LogP contribution in [0.2, 0.25) is 0 Å². The summed E-state index contributed by atoms with van der Waals surface area (Å²) in [6, 6.07) is 0.434. The van der Waals surface area contributed by atoms with Gasteiger partial charge in [-0.1, -0.05) is 0 Å². The van der Waals surface area contributed by atoms with Gasteiger partial charge in [0.15, 0.2) is 9.84 Å². The van der Waals surface area contributed by atoms with E-state index in [2.05, 4.69) is 7.05 Å². The van der Waals surface area contributed by atoms with Crippen molar-refractivity contribution in [3.8, 4) is 0 Å². The molecule has 0 aromatic rings. The third-order valence-electron chi connectivity index (χ3n) is 1.93. The Morgan fingerprint density at radius 2 is 1.80 bits per heavy atom. The van der Waals surface area contributed by atoms with Crippen molar-refractivity contribution in [3.63, 3.8) is 0 Å². The zero-order valence-corrected chi connectivity index (χ0v) is 6.73. The average molecular weight is 163 g/mol. The van der Waals surface area contributed by atoms with Gasteiger partial charge in [0.05, 0.1) is 17.5 Å². The molecule has 2 N–H and O–H groups in total. The summed E-state index contributed by atoms with van der Waals surface area (Å²) in [6.07, 6.45) is 1.54. The minimum atomic E-state index is -2.67. The number of hydrogen-bond donors (Lipinski definition) is 1.